The van der Waals surface area contributed by atoms with Gasteiger partial charge >= 0.3 is 0 Å². The zero-order valence-electron chi connectivity index (χ0n) is 17.7. The van der Waals surface area contributed by atoms with E-state index in [4.69, 9.17) is 4.52 Å². The van der Waals surface area contributed by atoms with Crippen LogP contribution in [-0.4, -0.2) is 32.3 Å². The predicted octanol–water partition coefficient (Wildman–Crippen LogP) is 4.94. The first kappa shape index (κ1) is 20.6. The zero-order chi connectivity index (χ0) is 22.6. The number of thiophene rings is 1. The van der Waals surface area contributed by atoms with Crippen LogP contribution in [0.4, 0.5) is 8.78 Å². The van der Waals surface area contributed by atoms with E-state index in [9.17, 15) is 13.6 Å². The molecular formula is C23H20F2N4O2S. The Bertz CT molecular complexity index is 1330. The molecule has 5 rings (SSSR count). The monoisotopic (exact) mass is 454 g/mol. The lowest BCUT2D eigenvalue weighted by Gasteiger charge is -2.43. The molecule has 0 saturated carbocycles. The lowest BCUT2D eigenvalue weighted by molar-refractivity contribution is 0.0620. The number of carbonyl (C=O) groups is 1. The fourth-order valence-electron chi connectivity index (χ4n) is 4.33. The molecule has 164 valence electrons. The summed E-state index contributed by atoms with van der Waals surface area (Å²) < 4.78 is 34.4. The van der Waals surface area contributed by atoms with Crippen molar-refractivity contribution in [3.8, 4) is 11.3 Å². The first-order valence-electron chi connectivity index (χ1n) is 10.1. The summed E-state index contributed by atoms with van der Waals surface area (Å²) in [6.07, 6.45) is 3.79. The van der Waals surface area contributed by atoms with E-state index < -0.39 is 17.0 Å². The number of benzene rings is 1. The third-order valence-electron chi connectivity index (χ3n) is 6.13. The van der Waals surface area contributed by atoms with Crippen molar-refractivity contribution in [2.75, 3.05) is 6.54 Å². The minimum absolute atomic E-state index is 0.0463. The van der Waals surface area contributed by atoms with Gasteiger partial charge in [0.2, 0.25) is 0 Å². The van der Waals surface area contributed by atoms with Gasteiger partial charge in [0.15, 0.2) is 11.5 Å². The van der Waals surface area contributed by atoms with Gasteiger partial charge < -0.3 is 9.42 Å². The SMILES string of the molecule is C[C@@H]1c2ccsc2[C@@](C)(c2cnn(C)c2)CN1C(=O)c1cc(-c2ccc(F)cc2F)on1. The van der Waals surface area contributed by atoms with Crippen LogP contribution in [0.25, 0.3) is 11.3 Å². The Balaban J connectivity index is 1.51. The van der Waals surface area contributed by atoms with Crippen LogP contribution < -0.4 is 0 Å². The largest absolute Gasteiger partial charge is 0.355 e. The first-order chi connectivity index (χ1) is 15.3. The van der Waals surface area contributed by atoms with Crippen LogP contribution in [-0.2, 0) is 12.5 Å². The highest BCUT2D eigenvalue weighted by atomic mass is 32.1. The summed E-state index contributed by atoms with van der Waals surface area (Å²) in [4.78, 5) is 16.4. The van der Waals surface area contributed by atoms with Crippen LogP contribution in [0.1, 0.15) is 46.4 Å². The predicted molar refractivity (Wildman–Crippen MR) is 115 cm³/mol. The van der Waals surface area contributed by atoms with Gasteiger partial charge in [-0.1, -0.05) is 5.16 Å². The Labute approximate surface area is 187 Å². The van der Waals surface area contributed by atoms with Crippen LogP contribution in [0.3, 0.4) is 0 Å². The van der Waals surface area contributed by atoms with Crippen LogP contribution in [0.5, 0.6) is 0 Å². The van der Waals surface area contributed by atoms with Crippen molar-refractivity contribution in [2.45, 2.75) is 25.3 Å². The van der Waals surface area contributed by atoms with Gasteiger partial charge in [0, 0.05) is 47.8 Å². The highest BCUT2D eigenvalue weighted by Crippen LogP contribution is 2.46. The van der Waals surface area contributed by atoms with Crippen molar-refractivity contribution in [2.24, 2.45) is 7.05 Å². The van der Waals surface area contributed by atoms with E-state index in [1.165, 1.54) is 17.0 Å². The molecule has 0 bridgehead atoms. The molecule has 4 heterocycles. The molecule has 4 aromatic rings. The van der Waals surface area contributed by atoms with Gasteiger partial charge in [-0.2, -0.15) is 5.10 Å². The molecule has 2 atom stereocenters. The number of carbonyl (C=O) groups excluding carboxylic acids is 1. The lowest BCUT2D eigenvalue weighted by atomic mass is 9.76. The Morgan fingerprint density at radius 3 is 2.81 bits per heavy atom. The molecule has 0 spiro atoms. The Morgan fingerprint density at radius 2 is 2.09 bits per heavy atom. The number of hydrogen-bond donors (Lipinski definition) is 0. The molecule has 0 fully saturated rings. The average molecular weight is 455 g/mol. The Hall–Kier alpha value is -3.33. The molecule has 9 heteroatoms. The molecule has 0 saturated heterocycles. The van der Waals surface area contributed by atoms with Crippen molar-refractivity contribution < 1.29 is 18.1 Å². The van der Waals surface area contributed by atoms with Gasteiger partial charge in [0.1, 0.15) is 11.6 Å². The molecular weight excluding hydrogens is 434 g/mol. The number of nitrogens with zero attached hydrogens (tertiary/aromatic N) is 4. The molecule has 0 unspecified atom stereocenters. The lowest BCUT2D eigenvalue weighted by Crippen LogP contribution is -2.48. The second-order valence-corrected chi connectivity index (χ2v) is 9.17. The molecule has 1 aliphatic heterocycles. The zero-order valence-corrected chi connectivity index (χ0v) is 18.5. The van der Waals surface area contributed by atoms with E-state index in [1.807, 2.05) is 37.8 Å². The van der Waals surface area contributed by atoms with Crippen LogP contribution in [0, 0.1) is 11.6 Å². The normalized spacial score (nSPS) is 20.4. The first-order valence-corrected chi connectivity index (χ1v) is 11.0. The van der Waals surface area contributed by atoms with Crippen molar-refractivity contribution >= 4 is 17.2 Å². The van der Waals surface area contributed by atoms with Gasteiger partial charge in [0.05, 0.1) is 17.8 Å². The van der Waals surface area contributed by atoms with Gasteiger partial charge in [-0.15, -0.1) is 11.3 Å². The van der Waals surface area contributed by atoms with Crippen molar-refractivity contribution in [1.82, 2.24) is 19.8 Å². The maximum Gasteiger partial charge on any atom is 0.276 e. The maximum absolute atomic E-state index is 14.2. The van der Waals surface area contributed by atoms with Gasteiger partial charge in [0.25, 0.3) is 5.91 Å². The molecule has 1 aliphatic rings. The van der Waals surface area contributed by atoms with Crippen molar-refractivity contribution in [3.63, 3.8) is 0 Å². The summed E-state index contributed by atoms with van der Waals surface area (Å²) in [6, 6.07) is 6.43. The number of hydrogen-bond acceptors (Lipinski definition) is 5. The fraction of sp³-hybridized carbons (Fsp3) is 0.261. The van der Waals surface area contributed by atoms with Crippen LogP contribution in [0.15, 0.2) is 52.6 Å². The number of aromatic nitrogens is 3. The number of halogens is 2. The topological polar surface area (TPSA) is 64.2 Å². The molecule has 0 aliphatic carbocycles. The Morgan fingerprint density at radius 1 is 1.28 bits per heavy atom. The molecule has 1 aromatic carbocycles. The summed E-state index contributed by atoms with van der Waals surface area (Å²) in [7, 11) is 1.86. The molecule has 1 amide bonds. The van der Waals surface area contributed by atoms with Crippen LogP contribution >= 0.6 is 11.3 Å². The highest BCUT2D eigenvalue weighted by Gasteiger charge is 2.44. The third kappa shape index (κ3) is 3.15. The minimum atomic E-state index is -0.779. The molecule has 6 nitrogen and oxygen atoms in total. The molecule has 0 N–H and O–H groups in total. The standard InChI is InChI=1S/C23H20F2N4O2S/c1-13-16-6-7-32-21(16)23(2,14-10-26-28(3)11-14)12-29(13)22(30)19-9-20(31-27-19)17-5-4-15(24)8-18(17)25/h4-11,13H,12H2,1-3H3/t13-,23-/m1/s1. The third-order valence-corrected chi connectivity index (χ3v) is 7.32. The summed E-state index contributed by atoms with van der Waals surface area (Å²) in [5.74, 6) is -1.72. The van der Waals surface area contributed by atoms with E-state index in [0.717, 1.165) is 23.3 Å². The van der Waals surface area contributed by atoms with Gasteiger partial charge in [-0.3, -0.25) is 9.48 Å². The van der Waals surface area contributed by atoms with E-state index in [0.29, 0.717) is 6.54 Å². The van der Waals surface area contributed by atoms with Crippen molar-refractivity contribution in [3.05, 3.63) is 81.4 Å². The summed E-state index contributed by atoms with van der Waals surface area (Å²) in [5, 5.41) is 10.3. The van der Waals surface area contributed by atoms with E-state index in [-0.39, 0.29) is 29.0 Å². The highest BCUT2D eigenvalue weighted by molar-refractivity contribution is 7.10. The summed E-state index contributed by atoms with van der Waals surface area (Å²) >= 11 is 1.67. The number of aryl methyl sites for hydroxylation is 1. The number of fused-ring (bicyclic) bond motifs is 1. The van der Waals surface area contributed by atoms with Crippen molar-refractivity contribution in [1.29, 1.82) is 0 Å². The average Bonchev–Trinajstić information content (AvgIpc) is 3.51. The van der Waals surface area contributed by atoms with E-state index in [1.54, 1.807) is 20.9 Å². The maximum atomic E-state index is 14.2. The fourth-order valence-corrected chi connectivity index (χ4v) is 5.50. The second kappa shape index (κ2) is 7.37. The minimum Gasteiger partial charge on any atom is -0.355 e. The van der Waals surface area contributed by atoms with Crippen LogP contribution in [0.2, 0.25) is 0 Å². The summed E-state index contributed by atoms with van der Waals surface area (Å²) in [5.41, 5.74) is 1.78. The van der Waals surface area contributed by atoms with E-state index in [2.05, 4.69) is 17.2 Å². The quantitative estimate of drug-likeness (QED) is 0.440. The Kier molecular flexibility index (Phi) is 4.74. The van der Waals surface area contributed by atoms with Gasteiger partial charge in [-0.25, -0.2) is 8.78 Å². The smallest absolute Gasteiger partial charge is 0.276 e. The summed E-state index contributed by atoms with van der Waals surface area (Å²) in [6.45, 7) is 4.51. The molecule has 32 heavy (non-hydrogen) atoms. The van der Waals surface area contributed by atoms with E-state index >= 15 is 0 Å². The molecule has 3 aromatic heterocycles. The number of amides is 1. The number of rotatable bonds is 3. The van der Waals surface area contributed by atoms with Gasteiger partial charge in [-0.05, 0) is 43.0 Å². The second-order valence-electron chi connectivity index (χ2n) is 8.25. The molecule has 0 radical (unpaired) electrons.